The van der Waals surface area contributed by atoms with Gasteiger partial charge in [0, 0.05) is 12.1 Å². The first-order valence-corrected chi connectivity index (χ1v) is 3.02. The summed E-state index contributed by atoms with van der Waals surface area (Å²) in [7, 11) is 0. The Bertz CT molecular complexity index is 107. The molecular formula is C5H7NS. The Kier molecular flexibility index (Phi) is 1.42. The molecule has 1 aliphatic heterocycles. The van der Waals surface area contributed by atoms with Gasteiger partial charge >= 0.3 is 0 Å². The second kappa shape index (κ2) is 2.07. The summed E-state index contributed by atoms with van der Waals surface area (Å²) < 4.78 is 3.02. The van der Waals surface area contributed by atoms with Crippen LogP contribution in [0.3, 0.4) is 0 Å². The average Bonchev–Trinajstić information content (AvgIpc) is 1.69. The Balaban J connectivity index is 2.47. The molecule has 0 aromatic heterocycles. The molecule has 2 heteroatoms. The summed E-state index contributed by atoms with van der Waals surface area (Å²) >= 11 is 1.57. The van der Waals surface area contributed by atoms with Gasteiger partial charge in [0.2, 0.25) is 0 Å². The van der Waals surface area contributed by atoms with E-state index in [0.29, 0.717) is 0 Å². The van der Waals surface area contributed by atoms with Gasteiger partial charge < -0.3 is 4.72 Å². The molecule has 1 rings (SSSR count). The molecule has 0 aliphatic carbocycles. The van der Waals surface area contributed by atoms with Gasteiger partial charge in [0.05, 0.1) is 0 Å². The molecular weight excluding hydrogens is 106 g/mol. The fourth-order valence-corrected chi connectivity index (χ4v) is 0.908. The first kappa shape index (κ1) is 4.78. The SMILES string of the molecule is C=C1CC=CSN1. The Hall–Kier alpha value is -0.370. The second-order valence-corrected chi connectivity index (χ2v) is 2.11. The highest BCUT2D eigenvalue weighted by Gasteiger charge is 1.91. The summed E-state index contributed by atoms with van der Waals surface area (Å²) in [5, 5.41) is 2.02. The maximum Gasteiger partial charge on any atom is 0.0180 e. The van der Waals surface area contributed by atoms with Crippen molar-refractivity contribution in [2.24, 2.45) is 0 Å². The lowest BCUT2D eigenvalue weighted by atomic mass is 10.3. The molecule has 0 bridgehead atoms. The van der Waals surface area contributed by atoms with Crippen molar-refractivity contribution in [2.75, 3.05) is 0 Å². The zero-order chi connectivity index (χ0) is 5.11. The standard InChI is InChI=1S/C5H7NS/c1-5-3-2-4-7-6-5/h2,4,6H,1,3H2. The topological polar surface area (TPSA) is 12.0 Å². The summed E-state index contributed by atoms with van der Waals surface area (Å²) in [4.78, 5) is 0. The van der Waals surface area contributed by atoms with Crippen LogP contribution < -0.4 is 4.72 Å². The highest BCUT2D eigenvalue weighted by Crippen LogP contribution is 2.10. The molecule has 0 aromatic rings. The minimum atomic E-state index is 0.979. The third kappa shape index (κ3) is 1.27. The van der Waals surface area contributed by atoms with Crippen molar-refractivity contribution in [3.05, 3.63) is 23.8 Å². The van der Waals surface area contributed by atoms with Gasteiger partial charge in [0.25, 0.3) is 0 Å². The quantitative estimate of drug-likeness (QED) is 0.479. The van der Waals surface area contributed by atoms with Gasteiger partial charge in [-0.3, -0.25) is 0 Å². The maximum atomic E-state index is 3.73. The molecule has 0 aromatic carbocycles. The van der Waals surface area contributed by atoms with Gasteiger partial charge in [-0.1, -0.05) is 12.7 Å². The molecule has 1 heterocycles. The molecule has 1 aliphatic rings. The maximum absolute atomic E-state index is 3.73. The Morgan fingerprint density at radius 3 is 3.00 bits per heavy atom. The van der Waals surface area contributed by atoms with Crippen molar-refractivity contribution in [3.63, 3.8) is 0 Å². The molecule has 1 nitrogen and oxygen atoms in total. The van der Waals surface area contributed by atoms with Crippen molar-refractivity contribution in [2.45, 2.75) is 6.42 Å². The largest absolute Gasteiger partial charge is 0.330 e. The van der Waals surface area contributed by atoms with E-state index >= 15 is 0 Å². The first-order chi connectivity index (χ1) is 3.39. The van der Waals surface area contributed by atoms with Crippen LogP contribution in [0.4, 0.5) is 0 Å². The summed E-state index contributed by atoms with van der Waals surface area (Å²) in [5.74, 6) is 0. The molecule has 0 amide bonds. The van der Waals surface area contributed by atoms with Crippen LogP contribution in [0.2, 0.25) is 0 Å². The van der Waals surface area contributed by atoms with Crippen LogP contribution >= 0.6 is 11.9 Å². The monoisotopic (exact) mass is 113 g/mol. The zero-order valence-corrected chi connectivity index (χ0v) is 4.79. The van der Waals surface area contributed by atoms with Crippen LogP contribution in [-0.4, -0.2) is 0 Å². The van der Waals surface area contributed by atoms with Gasteiger partial charge in [0.1, 0.15) is 0 Å². The summed E-state index contributed by atoms with van der Waals surface area (Å²) in [6, 6.07) is 0. The Labute approximate surface area is 47.6 Å². The van der Waals surface area contributed by atoms with Crippen LogP contribution in [0.25, 0.3) is 0 Å². The van der Waals surface area contributed by atoms with E-state index in [2.05, 4.69) is 17.4 Å². The van der Waals surface area contributed by atoms with Gasteiger partial charge in [-0.05, 0) is 17.4 Å². The smallest absolute Gasteiger partial charge is 0.0180 e. The van der Waals surface area contributed by atoms with Gasteiger partial charge in [-0.15, -0.1) is 0 Å². The van der Waals surface area contributed by atoms with E-state index in [1.165, 1.54) is 0 Å². The van der Waals surface area contributed by atoms with E-state index in [1.54, 1.807) is 11.9 Å². The number of hydrogen-bond acceptors (Lipinski definition) is 2. The van der Waals surface area contributed by atoms with Crippen molar-refractivity contribution >= 4 is 11.9 Å². The zero-order valence-electron chi connectivity index (χ0n) is 3.98. The molecule has 0 fully saturated rings. The first-order valence-electron chi connectivity index (χ1n) is 2.14. The molecule has 0 spiro atoms. The number of allylic oxidation sites excluding steroid dienone is 1. The van der Waals surface area contributed by atoms with Crippen LogP contribution in [-0.2, 0) is 0 Å². The molecule has 0 saturated carbocycles. The van der Waals surface area contributed by atoms with Crippen molar-refractivity contribution in [1.82, 2.24) is 4.72 Å². The number of nitrogens with one attached hydrogen (secondary N) is 1. The van der Waals surface area contributed by atoms with Crippen molar-refractivity contribution in [3.8, 4) is 0 Å². The number of hydrogen-bond donors (Lipinski definition) is 1. The molecule has 7 heavy (non-hydrogen) atoms. The van der Waals surface area contributed by atoms with Crippen LogP contribution in [0.5, 0.6) is 0 Å². The number of rotatable bonds is 0. The lowest BCUT2D eigenvalue weighted by Gasteiger charge is -2.06. The van der Waals surface area contributed by atoms with Gasteiger partial charge in [0.15, 0.2) is 0 Å². The van der Waals surface area contributed by atoms with Gasteiger partial charge in [-0.2, -0.15) is 0 Å². The van der Waals surface area contributed by atoms with Crippen LogP contribution in [0.1, 0.15) is 6.42 Å². The molecule has 0 saturated heterocycles. The second-order valence-electron chi connectivity index (χ2n) is 1.40. The molecule has 0 atom stereocenters. The normalized spacial score (nSPS) is 19.1. The van der Waals surface area contributed by atoms with Crippen molar-refractivity contribution in [1.29, 1.82) is 0 Å². The minimum absolute atomic E-state index is 0.979. The average molecular weight is 113 g/mol. The van der Waals surface area contributed by atoms with Crippen LogP contribution in [0, 0.1) is 0 Å². The molecule has 0 unspecified atom stereocenters. The fraction of sp³-hybridized carbons (Fsp3) is 0.200. The minimum Gasteiger partial charge on any atom is -0.330 e. The lowest BCUT2D eigenvalue weighted by Crippen LogP contribution is -2.01. The van der Waals surface area contributed by atoms with Crippen LogP contribution in [0.15, 0.2) is 23.8 Å². The van der Waals surface area contributed by atoms with E-state index in [9.17, 15) is 0 Å². The fourth-order valence-electron chi connectivity index (χ4n) is 0.398. The molecule has 0 radical (unpaired) electrons. The van der Waals surface area contributed by atoms with E-state index < -0.39 is 0 Å². The summed E-state index contributed by atoms with van der Waals surface area (Å²) in [6.07, 6.45) is 3.07. The Morgan fingerprint density at radius 2 is 2.71 bits per heavy atom. The third-order valence-electron chi connectivity index (χ3n) is 0.732. The third-order valence-corrected chi connectivity index (χ3v) is 1.47. The molecule has 1 N–H and O–H groups in total. The summed E-state index contributed by atoms with van der Waals surface area (Å²) in [6.45, 7) is 3.73. The lowest BCUT2D eigenvalue weighted by molar-refractivity contribution is 1.10. The van der Waals surface area contributed by atoms with E-state index in [1.807, 2.05) is 5.41 Å². The van der Waals surface area contributed by atoms with Crippen molar-refractivity contribution < 1.29 is 0 Å². The van der Waals surface area contributed by atoms with E-state index in [-0.39, 0.29) is 0 Å². The molecule has 38 valence electrons. The van der Waals surface area contributed by atoms with E-state index in [0.717, 1.165) is 12.1 Å². The Morgan fingerprint density at radius 1 is 1.86 bits per heavy atom. The van der Waals surface area contributed by atoms with E-state index in [4.69, 9.17) is 0 Å². The highest BCUT2D eigenvalue weighted by molar-refractivity contribution is 8.00. The predicted octanol–water partition coefficient (Wildman–Crippen LogP) is 1.66. The highest BCUT2D eigenvalue weighted by atomic mass is 32.2. The summed E-state index contributed by atoms with van der Waals surface area (Å²) in [5.41, 5.74) is 1.09. The predicted molar refractivity (Wildman–Crippen MR) is 33.6 cm³/mol. The van der Waals surface area contributed by atoms with Gasteiger partial charge in [-0.25, -0.2) is 0 Å².